The smallest absolute Gasteiger partial charge is 0.237 e. The molecule has 1 aromatic carbocycles. The predicted octanol–water partition coefficient (Wildman–Crippen LogP) is 2.36. The molecule has 4 rings (SSSR count). The van der Waals surface area contributed by atoms with Gasteiger partial charge in [-0.25, -0.2) is 16.8 Å². The Kier molecular flexibility index (Phi) is 10.8. The second-order valence-corrected chi connectivity index (χ2v) is 16.1. The molecule has 2 saturated carbocycles. The van der Waals surface area contributed by atoms with Gasteiger partial charge >= 0.3 is 0 Å². The summed E-state index contributed by atoms with van der Waals surface area (Å²) < 4.78 is 52.2. The van der Waals surface area contributed by atoms with Crippen LogP contribution in [0.3, 0.4) is 0 Å². The molecular weight excluding hydrogens is 583 g/mol. The number of halogens is 2. The molecule has 0 unspecified atom stereocenters. The summed E-state index contributed by atoms with van der Waals surface area (Å²) in [6.07, 6.45) is 3.55. The first-order chi connectivity index (χ1) is 17.2. The number of hydrogen-bond donors (Lipinski definition) is 2. The monoisotopic (exact) mass is 626 g/mol. The number of benzene rings is 1. The highest BCUT2D eigenvalue weighted by Gasteiger charge is 2.66. The van der Waals surface area contributed by atoms with E-state index >= 15 is 0 Å². The molecule has 3 fully saturated rings. The molecule has 9 nitrogen and oxygen atoms in total. The van der Waals surface area contributed by atoms with Gasteiger partial charge in [-0.05, 0) is 55.6 Å². The number of anilines is 1. The largest absolute Gasteiger partial charge is 0.369 e. The third-order valence-corrected chi connectivity index (χ3v) is 12.4. The van der Waals surface area contributed by atoms with Crippen molar-refractivity contribution in [2.45, 2.75) is 58.5 Å². The zero-order valence-electron chi connectivity index (χ0n) is 23.3. The quantitative estimate of drug-likeness (QED) is 0.430. The molecule has 3 N–H and O–H groups in total. The number of rotatable bonds is 9. The van der Waals surface area contributed by atoms with Crippen molar-refractivity contribution in [1.29, 1.82) is 0 Å². The van der Waals surface area contributed by atoms with Crippen molar-refractivity contribution in [2.24, 2.45) is 22.5 Å². The average Bonchev–Trinajstić information content (AvgIpc) is 3.17. The fourth-order valence-corrected chi connectivity index (χ4v) is 9.87. The second kappa shape index (κ2) is 12.4. The average molecular weight is 628 g/mol. The van der Waals surface area contributed by atoms with E-state index in [2.05, 4.69) is 43.1 Å². The lowest BCUT2D eigenvalue weighted by Crippen LogP contribution is -2.57. The van der Waals surface area contributed by atoms with Crippen LogP contribution in [0.5, 0.6) is 0 Å². The summed E-state index contributed by atoms with van der Waals surface area (Å²) in [5, 5.41) is 3.05. The summed E-state index contributed by atoms with van der Waals surface area (Å²) in [6.45, 7) is 8.47. The summed E-state index contributed by atoms with van der Waals surface area (Å²) in [4.78, 5) is 15.2. The van der Waals surface area contributed by atoms with Gasteiger partial charge in [0.05, 0.1) is 17.5 Å². The van der Waals surface area contributed by atoms with Gasteiger partial charge in [-0.3, -0.25) is 4.79 Å². The summed E-state index contributed by atoms with van der Waals surface area (Å²) in [5.41, 5.74) is 7.50. The van der Waals surface area contributed by atoms with Crippen LogP contribution in [0.1, 0.15) is 45.1 Å². The van der Waals surface area contributed by atoms with Gasteiger partial charge in [0, 0.05) is 49.6 Å². The summed E-state index contributed by atoms with van der Waals surface area (Å²) in [7, 11) is -6.80. The Morgan fingerprint density at radius 2 is 1.72 bits per heavy atom. The van der Waals surface area contributed by atoms with Crippen LogP contribution in [0.25, 0.3) is 0 Å². The fraction of sp³-hybridized carbons (Fsp3) is 0.731. The normalized spacial score (nSPS) is 27.4. The first kappa shape index (κ1) is 34.1. The maximum atomic E-state index is 13.8. The number of nitrogens with zero attached hydrogens (tertiary/aromatic N) is 2. The van der Waals surface area contributed by atoms with E-state index in [0.717, 1.165) is 24.8 Å². The van der Waals surface area contributed by atoms with E-state index in [9.17, 15) is 21.6 Å². The van der Waals surface area contributed by atoms with Crippen molar-refractivity contribution >= 4 is 56.3 Å². The Bertz CT molecular complexity index is 1240. The third kappa shape index (κ3) is 6.86. The molecule has 1 heterocycles. The highest BCUT2D eigenvalue weighted by molar-refractivity contribution is 7.90. The molecule has 2 aliphatic carbocycles. The van der Waals surface area contributed by atoms with E-state index < -0.39 is 37.2 Å². The zero-order valence-corrected chi connectivity index (χ0v) is 26.5. The minimum Gasteiger partial charge on any atom is -0.369 e. The number of para-hydroxylation sites is 1. The van der Waals surface area contributed by atoms with Gasteiger partial charge < -0.3 is 16.0 Å². The Labute approximate surface area is 246 Å². The highest BCUT2D eigenvalue weighted by Crippen LogP contribution is 2.66. The summed E-state index contributed by atoms with van der Waals surface area (Å²) in [5.74, 6) is -0.245. The highest BCUT2D eigenvalue weighted by atomic mass is 35.5. The van der Waals surface area contributed by atoms with E-state index in [1.54, 1.807) is 4.31 Å². The summed E-state index contributed by atoms with van der Waals surface area (Å²) >= 11 is 0. The fourth-order valence-electron chi connectivity index (χ4n) is 6.92. The number of sulfone groups is 1. The number of nitrogens with one attached hydrogen (secondary N) is 1. The van der Waals surface area contributed by atoms with Crippen LogP contribution in [0.15, 0.2) is 24.3 Å². The molecule has 13 heteroatoms. The van der Waals surface area contributed by atoms with Crippen LogP contribution < -0.4 is 16.0 Å². The number of hydrogen-bond acceptors (Lipinski definition) is 7. The Morgan fingerprint density at radius 3 is 2.28 bits per heavy atom. The van der Waals surface area contributed by atoms with Crippen molar-refractivity contribution in [3.63, 3.8) is 0 Å². The molecule has 3 aliphatic rings. The third-order valence-electron chi connectivity index (χ3n) is 9.41. The molecule has 0 spiro atoms. The van der Waals surface area contributed by atoms with Gasteiger partial charge in [0.1, 0.15) is 9.84 Å². The summed E-state index contributed by atoms with van der Waals surface area (Å²) in [6, 6.07) is 6.90. The number of carbonyl (C=O) groups is 1. The minimum atomic E-state index is -3.57. The Hall–Kier alpha value is -1.11. The van der Waals surface area contributed by atoms with Crippen molar-refractivity contribution in [3.05, 3.63) is 29.8 Å². The molecule has 1 saturated heterocycles. The number of piperazine rings is 1. The predicted molar refractivity (Wildman–Crippen MR) is 161 cm³/mol. The lowest BCUT2D eigenvalue weighted by molar-refractivity contribution is -0.124. The number of amides is 1. The van der Waals surface area contributed by atoms with Crippen LogP contribution in [0.2, 0.25) is 0 Å². The van der Waals surface area contributed by atoms with Crippen molar-refractivity contribution in [3.8, 4) is 0 Å². The van der Waals surface area contributed by atoms with Gasteiger partial charge in [0.25, 0.3) is 0 Å². The molecule has 4 atom stereocenters. The number of aryl methyl sites for hydroxylation is 1. The van der Waals surface area contributed by atoms with Crippen LogP contribution >= 0.6 is 24.8 Å². The van der Waals surface area contributed by atoms with E-state index in [0.29, 0.717) is 38.5 Å². The van der Waals surface area contributed by atoms with E-state index in [1.165, 1.54) is 5.56 Å². The number of sulfonamides is 1. The molecule has 0 aromatic heterocycles. The van der Waals surface area contributed by atoms with Gasteiger partial charge in [0.2, 0.25) is 15.9 Å². The molecule has 2 bridgehead atoms. The SMILES string of the molecule is Cc1ccccc1N1CCN(S(=O)(=O)C[C@@]23CC[C@H](C[C@@H]2NC(=O)[C@@H](N)CCS(C)(=O)=O)C3(C)C)CC1.Cl.Cl. The van der Waals surface area contributed by atoms with Gasteiger partial charge in [0.15, 0.2) is 0 Å². The molecular formula is C26H44Cl2N4O5S2. The Morgan fingerprint density at radius 1 is 1.10 bits per heavy atom. The van der Waals surface area contributed by atoms with Crippen LogP contribution in [0.4, 0.5) is 5.69 Å². The van der Waals surface area contributed by atoms with Crippen molar-refractivity contribution in [1.82, 2.24) is 9.62 Å². The van der Waals surface area contributed by atoms with E-state index in [4.69, 9.17) is 5.73 Å². The maximum absolute atomic E-state index is 13.8. The number of carbonyl (C=O) groups excluding carboxylic acids is 1. The van der Waals surface area contributed by atoms with Crippen LogP contribution in [-0.4, -0.2) is 83.1 Å². The maximum Gasteiger partial charge on any atom is 0.237 e. The lowest BCUT2D eigenvalue weighted by atomic mass is 9.69. The van der Waals surface area contributed by atoms with Crippen LogP contribution in [-0.2, 0) is 24.7 Å². The van der Waals surface area contributed by atoms with E-state index in [-0.39, 0.29) is 54.2 Å². The second-order valence-electron chi connectivity index (χ2n) is 11.9. The van der Waals surface area contributed by atoms with Crippen molar-refractivity contribution < 1.29 is 21.6 Å². The lowest BCUT2D eigenvalue weighted by Gasteiger charge is -2.44. The number of fused-ring (bicyclic) bond motifs is 2. The van der Waals surface area contributed by atoms with Gasteiger partial charge in [-0.1, -0.05) is 32.0 Å². The molecule has 1 aliphatic heterocycles. The topological polar surface area (TPSA) is 130 Å². The molecule has 0 radical (unpaired) electrons. The first-order valence-corrected chi connectivity index (χ1v) is 16.9. The van der Waals surface area contributed by atoms with Crippen molar-refractivity contribution in [2.75, 3.05) is 48.8 Å². The Balaban J connectivity index is 0.00000267. The van der Waals surface area contributed by atoms with Crippen LogP contribution in [0, 0.1) is 23.7 Å². The number of nitrogens with two attached hydrogens (primary N) is 1. The molecule has 39 heavy (non-hydrogen) atoms. The first-order valence-electron chi connectivity index (χ1n) is 13.2. The van der Waals surface area contributed by atoms with Gasteiger partial charge in [-0.2, -0.15) is 4.31 Å². The van der Waals surface area contributed by atoms with Gasteiger partial charge in [-0.15, -0.1) is 24.8 Å². The van der Waals surface area contributed by atoms with E-state index in [1.807, 2.05) is 12.1 Å². The molecule has 224 valence electrons. The standard InChI is InChI=1S/C26H42N4O5S2.2ClH/c1-19-7-5-6-8-22(19)29-12-14-30(15-13-29)37(34,35)18-26-11-9-20(25(26,2)3)17-23(26)28-24(31)21(27)10-16-36(4,32)33;;/h5-8,20-21,23H,9-18,27H2,1-4H3,(H,28,31);2*1H/t20-,21+,23+,26+;;/m1../s1. The minimum absolute atomic E-state index is 0. The molecule has 1 amide bonds. The molecule has 1 aromatic rings. The zero-order chi connectivity index (χ0) is 27.2.